The summed E-state index contributed by atoms with van der Waals surface area (Å²) in [5.74, 6) is 0.296. The minimum atomic E-state index is -0.822. The Bertz CT molecular complexity index is 316. The Labute approximate surface area is 101 Å². The average Bonchev–Trinajstić information content (AvgIpc) is 2.28. The summed E-state index contributed by atoms with van der Waals surface area (Å²) in [7, 11) is 0. The third-order valence-corrected chi connectivity index (χ3v) is 2.85. The number of thiol groups is 1. The zero-order valence-corrected chi connectivity index (χ0v) is 9.99. The molecule has 0 aromatic heterocycles. The minimum Gasteiger partial charge on any atom is -0.480 e. The molecule has 1 atom stereocenters. The van der Waals surface area contributed by atoms with E-state index in [0.717, 1.165) is 12.2 Å². The van der Waals surface area contributed by atoms with Gasteiger partial charge in [-0.05, 0) is 30.2 Å². The van der Waals surface area contributed by atoms with Gasteiger partial charge < -0.3 is 10.4 Å². The summed E-state index contributed by atoms with van der Waals surface area (Å²) < 4.78 is 0. The van der Waals surface area contributed by atoms with Gasteiger partial charge in [0.15, 0.2) is 0 Å². The lowest BCUT2D eigenvalue weighted by Crippen LogP contribution is -2.30. The Kier molecular flexibility index (Phi) is 5.96. The molecule has 0 aliphatic heterocycles. The first-order chi connectivity index (χ1) is 7.72. The molecule has 0 saturated carbocycles. The van der Waals surface area contributed by atoms with Gasteiger partial charge in [0.05, 0.1) is 6.54 Å². The molecule has 0 spiro atoms. The van der Waals surface area contributed by atoms with Crippen molar-refractivity contribution in [3.8, 4) is 0 Å². The Morgan fingerprint density at radius 2 is 2.06 bits per heavy atom. The lowest BCUT2D eigenvalue weighted by atomic mass is 10.0. The van der Waals surface area contributed by atoms with E-state index in [1.807, 2.05) is 18.2 Å². The second-order valence-corrected chi connectivity index (χ2v) is 4.13. The van der Waals surface area contributed by atoms with E-state index in [9.17, 15) is 4.79 Å². The standard InChI is InChI=1S/C12H17NO2S/c14-12(15)8-13-7-11(9-16)6-10-4-2-1-3-5-10/h1-5,11,13,16H,6-9H2,(H,14,15). The van der Waals surface area contributed by atoms with Crippen LogP contribution in [0.15, 0.2) is 30.3 Å². The molecule has 0 radical (unpaired) electrons. The largest absolute Gasteiger partial charge is 0.480 e. The van der Waals surface area contributed by atoms with Gasteiger partial charge in [-0.25, -0.2) is 0 Å². The fourth-order valence-electron chi connectivity index (χ4n) is 1.53. The minimum absolute atomic E-state index is 0.0130. The number of aliphatic carboxylic acids is 1. The fraction of sp³-hybridized carbons (Fsp3) is 0.417. The van der Waals surface area contributed by atoms with Crippen LogP contribution >= 0.6 is 12.6 Å². The summed E-state index contributed by atoms with van der Waals surface area (Å²) >= 11 is 4.28. The molecule has 0 heterocycles. The molecule has 0 aliphatic rings. The number of benzene rings is 1. The highest BCUT2D eigenvalue weighted by molar-refractivity contribution is 7.80. The normalized spacial score (nSPS) is 12.3. The van der Waals surface area contributed by atoms with Gasteiger partial charge in [0.25, 0.3) is 0 Å². The van der Waals surface area contributed by atoms with E-state index < -0.39 is 5.97 Å². The third kappa shape index (κ3) is 5.19. The fourth-order valence-corrected chi connectivity index (χ4v) is 1.79. The van der Waals surface area contributed by atoms with Crippen molar-refractivity contribution in [2.75, 3.05) is 18.8 Å². The first kappa shape index (κ1) is 13.1. The highest BCUT2D eigenvalue weighted by atomic mass is 32.1. The molecule has 0 aliphatic carbocycles. The average molecular weight is 239 g/mol. The van der Waals surface area contributed by atoms with E-state index in [1.54, 1.807) is 0 Å². The molecule has 1 unspecified atom stereocenters. The summed E-state index contributed by atoms with van der Waals surface area (Å²) in [6.07, 6.45) is 0.928. The van der Waals surface area contributed by atoms with E-state index in [4.69, 9.17) is 5.11 Å². The summed E-state index contributed by atoms with van der Waals surface area (Å²) in [6.45, 7) is 0.698. The number of carboxylic acids is 1. The third-order valence-electron chi connectivity index (χ3n) is 2.33. The van der Waals surface area contributed by atoms with Crippen LogP contribution in [0, 0.1) is 5.92 Å². The van der Waals surface area contributed by atoms with Crippen LogP contribution in [0.4, 0.5) is 0 Å². The molecule has 1 rings (SSSR count). The first-order valence-corrected chi connectivity index (χ1v) is 5.93. The van der Waals surface area contributed by atoms with Crippen LogP contribution in [0.25, 0.3) is 0 Å². The number of hydrogen-bond donors (Lipinski definition) is 3. The number of rotatable bonds is 7. The van der Waals surface area contributed by atoms with Gasteiger partial charge in [0.1, 0.15) is 0 Å². The number of nitrogens with one attached hydrogen (secondary N) is 1. The lowest BCUT2D eigenvalue weighted by Gasteiger charge is -2.14. The van der Waals surface area contributed by atoms with Gasteiger partial charge >= 0.3 is 5.97 Å². The maximum atomic E-state index is 10.3. The van der Waals surface area contributed by atoms with Crippen LogP contribution in [0.5, 0.6) is 0 Å². The zero-order chi connectivity index (χ0) is 11.8. The quantitative estimate of drug-likeness (QED) is 0.631. The summed E-state index contributed by atoms with van der Waals surface area (Å²) in [6, 6.07) is 10.2. The summed E-state index contributed by atoms with van der Waals surface area (Å²) in [5.41, 5.74) is 1.26. The van der Waals surface area contributed by atoms with Gasteiger partial charge in [-0.15, -0.1) is 0 Å². The molecule has 88 valence electrons. The molecular weight excluding hydrogens is 222 g/mol. The van der Waals surface area contributed by atoms with Crippen molar-refractivity contribution in [3.05, 3.63) is 35.9 Å². The van der Waals surface area contributed by atoms with Crippen LogP contribution in [-0.4, -0.2) is 29.9 Å². The monoisotopic (exact) mass is 239 g/mol. The van der Waals surface area contributed by atoms with E-state index >= 15 is 0 Å². The van der Waals surface area contributed by atoms with Gasteiger partial charge in [0, 0.05) is 0 Å². The smallest absolute Gasteiger partial charge is 0.317 e. The molecule has 0 saturated heterocycles. The molecule has 2 N–H and O–H groups in total. The first-order valence-electron chi connectivity index (χ1n) is 5.29. The molecule has 1 aromatic carbocycles. The van der Waals surface area contributed by atoms with Crippen LogP contribution < -0.4 is 5.32 Å². The molecule has 1 aromatic rings. The van der Waals surface area contributed by atoms with E-state index in [1.165, 1.54) is 5.56 Å². The Morgan fingerprint density at radius 1 is 1.38 bits per heavy atom. The molecule has 3 nitrogen and oxygen atoms in total. The van der Waals surface area contributed by atoms with Crippen molar-refractivity contribution in [1.82, 2.24) is 5.32 Å². The van der Waals surface area contributed by atoms with Crippen LogP contribution in [-0.2, 0) is 11.2 Å². The maximum Gasteiger partial charge on any atom is 0.317 e. The Hall–Kier alpha value is -1.00. The maximum absolute atomic E-state index is 10.3. The highest BCUT2D eigenvalue weighted by Crippen LogP contribution is 2.09. The zero-order valence-electron chi connectivity index (χ0n) is 9.10. The van der Waals surface area contributed by atoms with Gasteiger partial charge in [-0.1, -0.05) is 30.3 Å². The van der Waals surface area contributed by atoms with Gasteiger partial charge in [-0.2, -0.15) is 12.6 Å². The molecule has 4 heteroatoms. The highest BCUT2D eigenvalue weighted by Gasteiger charge is 2.08. The van der Waals surface area contributed by atoms with E-state index in [-0.39, 0.29) is 6.54 Å². The number of carboxylic acid groups (broad SMARTS) is 1. The summed E-state index contributed by atoms with van der Waals surface area (Å²) in [4.78, 5) is 10.3. The lowest BCUT2D eigenvalue weighted by molar-refractivity contribution is -0.135. The van der Waals surface area contributed by atoms with Crippen molar-refractivity contribution < 1.29 is 9.90 Å². The molecule has 0 fully saturated rings. The van der Waals surface area contributed by atoms with E-state index in [2.05, 4.69) is 30.1 Å². The molecule has 0 bridgehead atoms. The topological polar surface area (TPSA) is 49.3 Å². The second kappa shape index (κ2) is 7.30. The van der Waals surface area contributed by atoms with E-state index in [0.29, 0.717) is 12.5 Å². The SMILES string of the molecule is O=C(O)CNCC(CS)Cc1ccccc1. The van der Waals surface area contributed by atoms with Crippen molar-refractivity contribution in [1.29, 1.82) is 0 Å². The van der Waals surface area contributed by atoms with Gasteiger partial charge in [-0.3, -0.25) is 4.79 Å². The molecule has 0 amide bonds. The second-order valence-electron chi connectivity index (χ2n) is 3.76. The van der Waals surface area contributed by atoms with Crippen molar-refractivity contribution in [2.45, 2.75) is 6.42 Å². The van der Waals surface area contributed by atoms with Crippen molar-refractivity contribution >= 4 is 18.6 Å². The van der Waals surface area contributed by atoms with Gasteiger partial charge in [0.2, 0.25) is 0 Å². The number of carbonyl (C=O) groups is 1. The van der Waals surface area contributed by atoms with Crippen molar-refractivity contribution in [3.63, 3.8) is 0 Å². The van der Waals surface area contributed by atoms with Crippen molar-refractivity contribution in [2.24, 2.45) is 5.92 Å². The Balaban J connectivity index is 2.34. The molecule has 16 heavy (non-hydrogen) atoms. The number of hydrogen-bond acceptors (Lipinski definition) is 3. The summed E-state index contributed by atoms with van der Waals surface area (Å²) in [5, 5.41) is 11.4. The van der Waals surface area contributed by atoms with Crippen LogP contribution in [0.3, 0.4) is 0 Å². The van der Waals surface area contributed by atoms with Crippen LogP contribution in [0.1, 0.15) is 5.56 Å². The molecular formula is C12H17NO2S. The Morgan fingerprint density at radius 3 is 2.62 bits per heavy atom. The van der Waals surface area contributed by atoms with Crippen LogP contribution in [0.2, 0.25) is 0 Å². The predicted octanol–water partition coefficient (Wildman–Crippen LogP) is 1.45. The predicted molar refractivity (Wildman–Crippen MR) is 68.0 cm³/mol.